The van der Waals surface area contributed by atoms with Gasteiger partial charge in [-0.3, -0.25) is 10.1 Å². The number of nitro benzene ring substituents is 1. The molecule has 4 rings (SSSR count). The zero-order valence-electron chi connectivity index (χ0n) is 17.6. The maximum atomic E-state index is 11.2. The number of para-hydroxylation sites is 1. The van der Waals surface area contributed by atoms with E-state index in [-0.39, 0.29) is 17.4 Å². The molecule has 1 aromatic heterocycles. The van der Waals surface area contributed by atoms with Gasteiger partial charge in [-0.1, -0.05) is 6.07 Å². The van der Waals surface area contributed by atoms with Gasteiger partial charge in [0, 0.05) is 37.8 Å². The highest BCUT2D eigenvalue weighted by Gasteiger charge is 2.21. The maximum Gasteiger partial charge on any atom is 0.311 e. The van der Waals surface area contributed by atoms with Crippen LogP contribution >= 0.6 is 0 Å². The first kappa shape index (κ1) is 21.6. The molecular formula is C19H24N8O5. The van der Waals surface area contributed by atoms with E-state index >= 15 is 0 Å². The van der Waals surface area contributed by atoms with Crippen LogP contribution in [0.3, 0.4) is 0 Å². The van der Waals surface area contributed by atoms with Crippen LogP contribution in [0.2, 0.25) is 0 Å². The lowest BCUT2D eigenvalue weighted by molar-refractivity contribution is -0.385. The molecule has 1 aromatic carbocycles. The van der Waals surface area contributed by atoms with Gasteiger partial charge in [0.15, 0.2) is 0 Å². The lowest BCUT2D eigenvalue weighted by Gasteiger charge is -2.30. The molecule has 0 spiro atoms. The molecule has 0 atom stereocenters. The fourth-order valence-electron chi connectivity index (χ4n) is 3.38. The van der Waals surface area contributed by atoms with Gasteiger partial charge in [-0.05, 0) is 6.07 Å². The van der Waals surface area contributed by atoms with Gasteiger partial charge in [-0.15, -0.1) is 0 Å². The summed E-state index contributed by atoms with van der Waals surface area (Å²) < 4.78 is 16.0. The average molecular weight is 444 g/mol. The second-order valence-electron chi connectivity index (χ2n) is 6.98. The quantitative estimate of drug-likeness (QED) is 0.370. The first-order chi connectivity index (χ1) is 15.7. The molecule has 0 bridgehead atoms. The molecule has 2 fully saturated rings. The molecule has 2 aromatic rings. The Bertz CT molecular complexity index is 940. The highest BCUT2D eigenvalue weighted by molar-refractivity contribution is 5.86. The number of ether oxygens (including phenoxy) is 3. The van der Waals surface area contributed by atoms with Crippen LogP contribution in [-0.2, 0) is 9.47 Å². The van der Waals surface area contributed by atoms with Gasteiger partial charge in [0.2, 0.25) is 23.6 Å². The summed E-state index contributed by atoms with van der Waals surface area (Å²) in [6, 6.07) is 4.61. The number of morpholine rings is 2. The summed E-state index contributed by atoms with van der Waals surface area (Å²) in [4.78, 5) is 28.4. The molecule has 0 radical (unpaired) electrons. The minimum atomic E-state index is -0.501. The summed E-state index contributed by atoms with van der Waals surface area (Å²) in [5, 5.41) is 15.4. The van der Waals surface area contributed by atoms with Crippen molar-refractivity contribution in [2.24, 2.45) is 5.10 Å². The molecule has 170 valence electrons. The van der Waals surface area contributed by atoms with E-state index in [1.165, 1.54) is 19.4 Å². The van der Waals surface area contributed by atoms with Crippen molar-refractivity contribution in [3.63, 3.8) is 0 Å². The molecule has 2 aliphatic rings. The van der Waals surface area contributed by atoms with E-state index in [1.54, 1.807) is 12.1 Å². The molecule has 0 saturated carbocycles. The highest BCUT2D eigenvalue weighted by Crippen LogP contribution is 2.29. The molecule has 0 unspecified atom stereocenters. The highest BCUT2D eigenvalue weighted by atomic mass is 16.6. The Hall–Kier alpha value is -3.58. The number of nitro groups is 1. The number of hydrazone groups is 1. The van der Waals surface area contributed by atoms with Crippen molar-refractivity contribution in [1.82, 2.24) is 15.0 Å². The van der Waals surface area contributed by atoms with Gasteiger partial charge in [0.05, 0.1) is 44.7 Å². The van der Waals surface area contributed by atoms with E-state index in [0.29, 0.717) is 70.1 Å². The molecule has 0 aliphatic carbocycles. The number of nitrogens with one attached hydrogen (secondary N) is 1. The second kappa shape index (κ2) is 10.2. The zero-order chi connectivity index (χ0) is 22.3. The molecular weight excluding hydrogens is 420 g/mol. The number of aromatic nitrogens is 3. The van der Waals surface area contributed by atoms with Crippen LogP contribution in [-0.4, -0.2) is 85.8 Å². The Morgan fingerprint density at radius 1 is 1.06 bits per heavy atom. The molecule has 13 nitrogen and oxygen atoms in total. The smallest absolute Gasteiger partial charge is 0.311 e. The van der Waals surface area contributed by atoms with Crippen molar-refractivity contribution in [1.29, 1.82) is 0 Å². The van der Waals surface area contributed by atoms with Crippen LogP contribution in [0.15, 0.2) is 23.3 Å². The standard InChI is InChI=1S/C19H24N8O5/c1-30-16-14(3-2-4-15(16)27(28)29)13-20-24-17-21-18(25-5-9-31-10-6-25)23-19(22-17)26-7-11-32-12-8-26/h2-4,13H,5-12H2,1H3,(H,21,22,23,24)/b20-13-. The van der Waals surface area contributed by atoms with Gasteiger partial charge < -0.3 is 24.0 Å². The molecule has 2 saturated heterocycles. The van der Waals surface area contributed by atoms with Crippen molar-refractivity contribution in [3.8, 4) is 5.75 Å². The molecule has 2 aliphatic heterocycles. The third-order valence-electron chi connectivity index (χ3n) is 4.99. The van der Waals surface area contributed by atoms with E-state index in [0.717, 1.165) is 0 Å². The lowest BCUT2D eigenvalue weighted by atomic mass is 10.2. The van der Waals surface area contributed by atoms with Gasteiger partial charge in [0.1, 0.15) is 0 Å². The lowest BCUT2D eigenvalue weighted by Crippen LogP contribution is -2.40. The van der Waals surface area contributed by atoms with Crippen LogP contribution in [0.1, 0.15) is 5.56 Å². The summed E-state index contributed by atoms with van der Waals surface area (Å²) >= 11 is 0. The average Bonchev–Trinajstić information content (AvgIpc) is 2.84. The topological polar surface area (TPSA) is 140 Å². The molecule has 32 heavy (non-hydrogen) atoms. The monoisotopic (exact) mass is 444 g/mol. The van der Waals surface area contributed by atoms with Crippen LogP contribution in [0.25, 0.3) is 0 Å². The molecule has 13 heteroatoms. The number of rotatable bonds is 7. The van der Waals surface area contributed by atoms with Gasteiger partial charge in [0.25, 0.3) is 0 Å². The molecule has 3 heterocycles. The predicted molar refractivity (Wildman–Crippen MR) is 117 cm³/mol. The third kappa shape index (κ3) is 5.00. The normalized spacial score (nSPS) is 16.9. The van der Waals surface area contributed by atoms with E-state index in [9.17, 15) is 10.1 Å². The molecule has 1 N–H and O–H groups in total. The van der Waals surface area contributed by atoms with Gasteiger partial charge >= 0.3 is 5.69 Å². The minimum Gasteiger partial charge on any atom is -0.490 e. The summed E-state index contributed by atoms with van der Waals surface area (Å²) in [6.07, 6.45) is 1.43. The summed E-state index contributed by atoms with van der Waals surface area (Å²) in [6.45, 7) is 5.14. The summed E-state index contributed by atoms with van der Waals surface area (Å²) in [7, 11) is 1.38. The summed E-state index contributed by atoms with van der Waals surface area (Å²) in [5.74, 6) is 1.47. The van der Waals surface area contributed by atoms with E-state index in [2.05, 4.69) is 25.5 Å². The fraction of sp³-hybridized carbons (Fsp3) is 0.474. The van der Waals surface area contributed by atoms with E-state index in [4.69, 9.17) is 14.2 Å². The Labute approximate surface area is 184 Å². The third-order valence-corrected chi connectivity index (χ3v) is 4.99. The zero-order valence-corrected chi connectivity index (χ0v) is 17.6. The second-order valence-corrected chi connectivity index (χ2v) is 6.98. The van der Waals surface area contributed by atoms with E-state index < -0.39 is 4.92 Å². The predicted octanol–water partition coefficient (Wildman–Crippen LogP) is 0.908. The van der Waals surface area contributed by atoms with Crippen LogP contribution in [0, 0.1) is 10.1 Å². The van der Waals surface area contributed by atoms with Crippen molar-refractivity contribution in [2.45, 2.75) is 0 Å². The maximum absolute atomic E-state index is 11.2. The van der Waals surface area contributed by atoms with Crippen LogP contribution in [0.5, 0.6) is 5.75 Å². The minimum absolute atomic E-state index is 0.127. The number of methoxy groups -OCH3 is 1. The number of nitrogens with zero attached hydrogens (tertiary/aromatic N) is 7. The number of hydrogen-bond donors (Lipinski definition) is 1. The van der Waals surface area contributed by atoms with Crippen LogP contribution in [0.4, 0.5) is 23.5 Å². The van der Waals surface area contributed by atoms with Gasteiger partial charge in [-0.25, -0.2) is 5.43 Å². The Kier molecular flexibility index (Phi) is 6.87. The van der Waals surface area contributed by atoms with Crippen molar-refractivity contribution < 1.29 is 19.1 Å². The van der Waals surface area contributed by atoms with Crippen molar-refractivity contribution in [2.75, 3.05) is 74.9 Å². The largest absolute Gasteiger partial charge is 0.490 e. The summed E-state index contributed by atoms with van der Waals surface area (Å²) in [5.41, 5.74) is 3.13. The Morgan fingerprint density at radius 3 is 2.19 bits per heavy atom. The Balaban J connectivity index is 1.58. The number of anilines is 3. The number of hydrogen-bond acceptors (Lipinski definition) is 12. The Morgan fingerprint density at radius 2 is 1.66 bits per heavy atom. The van der Waals surface area contributed by atoms with Crippen molar-refractivity contribution in [3.05, 3.63) is 33.9 Å². The number of benzene rings is 1. The molecule has 0 amide bonds. The van der Waals surface area contributed by atoms with E-state index in [1.807, 2.05) is 9.80 Å². The van der Waals surface area contributed by atoms with Crippen LogP contribution < -0.4 is 20.0 Å². The fourth-order valence-corrected chi connectivity index (χ4v) is 3.38. The van der Waals surface area contributed by atoms with Gasteiger partial charge in [-0.2, -0.15) is 20.1 Å². The van der Waals surface area contributed by atoms with Crippen molar-refractivity contribution >= 4 is 29.7 Å². The first-order valence-electron chi connectivity index (χ1n) is 10.2. The SMILES string of the molecule is COc1c(/C=N\Nc2nc(N3CCOCC3)nc(N3CCOCC3)n2)cccc1[N+](=O)[O-]. The first-order valence-corrected chi connectivity index (χ1v) is 10.2.